The van der Waals surface area contributed by atoms with Gasteiger partial charge in [-0.3, -0.25) is 0 Å². The Bertz CT molecular complexity index is 7.61. The first-order valence-corrected chi connectivity index (χ1v) is 9.49. The van der Waals surface area contributed by atoms with Crippen LogP contribution in [0.25, 0.3) is 12.3 Å². The standard InChI is InChI=1S/2HI.2H2N.Pd/h2*1H;2*1H2;/q;;2*-1;+2/p-2. The zero-order valence-corrected chi connectivity index (χ0v) is 8.10. The van der Waals surface area contributed by atoms with Gasteiger partial charge in [-0.25, -0.2) is 0 Å². The second-order valence-electron chi connectivity index (χ2n) is 0.0452. The second kappa shape index (κ2) is 16.6. The van der Waals surface area contributed by atoms with E-state index in [9.17, 15) is 0 Å². The second-order valence-corrected chi connectivity index (χ2v) is 12.0. The van der Waals surface area contributed by atoms with Gasteiger partial charge in [-0.15, -0.1) is 0 Å². The summed E-state index contributed by atoms with van der Waals surface area (Å²) in [5.74, 6) is 0. The van der Waals surface area contributed by atoms with E-state index in [1.807, 2.05) is 0 Å². The molecule has 4 N–H and O–H groups in total. The van der Waals surface area contributed by atoms with Crippen LogP contribution in [0.5, 0.6) is 0 Å². The van der Waals surface area contributed by atoms with Gasteiger partial charge >= 0.3 is 49.8 Å². The number of nitrogens with two attached hydrogens (primary N) is 2. The average Bonchev–Trinajstić information content (AvgIpc) is 0.918. The van der Waals surface area contributed by atoms with Gasteiger partial charge in [-0.2, -0.15) is 0 Å². The summed E-state index contributed by atoms with van der Waals surface area (Å²) in [5, 5.41) is 0. The minimum Gasteiger partial charge on any atom is -0.693 e. The maximum atomic E-state index is 2.33. The van der Waals surface area contributed by atoms with Crippen molar-refractivity contribution in [3.05, 3.63) is 12.3 Å². The molecule has 0 aromatic rings. The molecule has 5 heteroatoms. The van der Waals surface area contributed by atoms with Gasteiger partial charge in [0.2, 0.25) is 0 Å². The van der Waals surface area contributed by atoms with Crippen molar-refractivity contribution in [1.82, 2.24) is 0 Å². The van der Waals surface area contributed by atoms with Gasteiger partial charge in [-0.05, 0) is 0 Å². The summed E-state index contributed by atoms with van der Waals surface area (Å²) in [6.07, 6.45) is 0. The fourth-order valence-electron chi connectivity index (χ4n) is 0. The summed E-state index contributed by atoms with van der Waals surface area (Å²) in [4.78, 5) is 0. The van der Waals surface area contributed by atoms with Crippen LogP contribution in [0.15, 0.2) is 0 Å². The topological polar surface area (TPSA) is 67.0 Å². The molecule has 0 aliphatic rings. The zero-order chi connectivity index (χ0) is 2.71. The van der Waals surface area contributed by atoms with Crippen LogP contribution in [0, 0.1) is 0 Å². The van der Waals surface area contributed by atoms with Crippen molar-refractivity contribution in [2.24, 2.45) is 0 Å². The first-order valence-electron chi connectivity index (χ1n) is 0.239. The number of hydrogen-bond donors (Lipinski definition) is 0. The van der Waals surface area contributed by atoms with Crippen molar-refractivity contribution in [2.45, 2.75) is 0 Å². The first-order chi connectivity index (χ1) is 1.41. The predicted octanol–water partition coefficient (Wildman–Crippen LogP) is 3.20. The molecule has 0 aliphatic heterocycles. The molecule has 0 radical (unpaired) electrons. The molecular formula is H4I2N2Pd-2. The Kier molecular flexibility index (Phi) is 52.2. The van der Waals surface area contributed by atoms with Crippen LogP contribution in [0.2, 0.25) is 0 Å². The molecule has 0 heterocycles. The van der Waals surface area contributed by atoms with Crippen LogP contribution in [0.4, 0.5) is 0 Å². The van der Waals surface area contributed by atoms with Crippen molar-refractivity contribution in [2.75, 3.05) is 0 Å². The Morgan fingerprint density at radius 3 is 1.00 bits per heavy atom. The van der Waals surface area contributed by atoms with E-state index in [0.717, 1.165) is 10.8 Å². The van der Waals surface area contributed by atoms with Gasteiger partial charge in [0.25, 0.3) is 0 Å². The molecule has 0 aromatic heterocycles. The number of hydrogen-bond acceptors (Lipinski definition) is 0. The van der Waals surface area contributed by atoms with Crippen LogP contribution in [0.3, 0.4) is 0 Å². The molecule has 0 amide bonds. The van der Waals surface area contributed by atoms with E-state index in [1.54, 1.807) is 0 Å². The molecule has 0 fully saturated rings. The molecule has 0 bridgehead atoms. The van der Waals surface area contributed by atoms with E-state index in [2.05, 4.69) is 39.0 Å². The van der Waals surface area contributed by atoms with Crippen molar-refractivity contribution in [3.63, 3.8) is 0 Å². The van der Waals surface area contributed by atoms with E-state index in [-0.39, 0.29) is 12.3 Å². The SMILES string of the molecule is [I][Pd][I].[NH2-].[NH2-]. The summed E-state index contributed by atoms with van der Waals surface area (Å²) in [7, 11) is 0.890. The summed E-state index contributed by atoms with van der Waals surface area (Å²) in [5.41, 5.74) is 0. The fraction of sp³-hybridized carbons (Fsp3) is 0. The Balaban J connectivity index is -0.0000000200. The molecule has 0 saturated carbocycles. The molecule has 0 unspecified atom stereocenters. The third kappa shape index (κ3) is 23.7. The van der Waals surface area contributed by atoms with Crippen LogP contribution in [-0.2, 0) is 10.8 Å². The normalized spacial score (nSPS) is 4.40. The smallest absolute Gasteiger partial charge is 0.693 e. The van der Waals surface area contributed by atoms with Gasteiger partial charge in [0, 0.05) is 0 Å². The average molecular weight is 392 g/mol. The maximum Gasteiger partial charge on any atom is -0.693 e. The van der Waals surface area contributed by atoms with Crippen LogP contribution in [-0.4, -0.2) is 0 Å². The largest absolute Gasteiger partial charge is 0.693 e. The third-order valence-electron chi connectivity index (χ3n) is 0. The Morgan fingerprint density at radius 1 is 1.00 bits per heavy atom. The minimum absolute atomic E-state index is 0. The van der Waals surface area contributed by atoms with E-state index in [1.165, 1.54) is 0 Å². The van der Waals surface area contributed by atoms with Crippen molar-refractivity contribution < 1.29 is 10.8 Å². The predicted molar refractivity (Wildman–Crippen MR) is 38.6 cm³/mol. The van der Waals surface area contributed by atoms with E-state index in [0.29, 0.717) is 0 Å². The van der Waals surface area contributed by atoms with Gasteiger partial charge < -0.3 is 12.3 Å². The summed E-state index contributed by atoms with van der Waals surface area (Å²) >= 11 is 4.65. The number of halogens is 2. The molecule has 0 saturated heterocycles. The molecule has 40 valence electrons. The molecule has 0 aromatic carbocycles. The van der Waals surface area contributed by atoms with Gasteiger partial charge in [0.15, 0.2) is 0 Å². The molecule has 2 nitrogen and oxygen atoms in total. The van der Waals surface area contributed by atoms with Crippen LogP contribution < -0.4 is 0 Å². The minimum atomic E-state index is 0. The molecule has 0 rings (SSSR count). The van der Waals surface area contributed by atoms with Crippen molar-refractivity contribution in [1.29, 1.82) is 0 Å². The monoisotopic (exact) mass is 392 g/mol. The summed E-state index contributed by atoms with van der Waals surface area (Å²) < 4.78 is 0. The zero-order valence-electron chi connectivity index (χ0n) is 2.23. The van der Waals surface area contributed by atoms with E-state index < -0.39 is 0 Å². The van der Waals surface area contributed by atoms with E-state index in [4.69, 9.17) is 0 Å². The van der Waals surface area contributed by atoms with Crippen molar-refractivity contribution >= 4 is 39.0 Å². The number of rotatable bonds is 0. The van der Waals surface area contributed by atoms with Gasteiger partial charge in [0.1, 0.15) is 0 Å². The molecular weight excluding hydrogens is 388 g/mol. The fourth-order valence-corrected chi connectivity index (χ4v) is 0. The molecule has 0 aliphatic carbocycles. The maximum absolute atomic E-state index is 2.33. The van der Waals surface area contributed by atoms with Crippen LogP contribution in [0.1, 0.15) is 0 Å². The summed E-state index contributed by atoms with van der Waals surface area (Å²) in [6.45, 7) is 0. The van der Waals surface area contributed by atoms with Crippen LogP contribution >= 0.6 is 39.0 Å². The first kappa shape index (κ1) is 15.7. The molecule has 5 heavy (non-hydrogen) atoms. The third-order valence-corrected chi connectivity index (χ3v) is 0. The summed E-state index contributed by atoms with van der Waals surface area (Å²) in [6, 6.07) is 0. The quantitative estimate of drug-likeness (QED) is 0.449. The van der Waals surface area contributed by atoms with E-state index >= 15 is 0 Å². The molecule has 0 spiro atoms. The van der Waals surface area contributed by atoms with Crippen molar-refractivity contribution in [3.8, 4) is 0 Å². The molecule has 0 atom stereocenters. The van der Waals surface area contributed by atoms with Gasteiger partial charge in [0.05, 0.1) is 0 Å². The Morgan fingerprint density at radius 2 is 1.00 bits per heavy atom. The Hall–Kier alpha value is 2.04. The Labute approximate surface area is 61.1 Å². The van der Waals surface area contributed by atoms with Gasteiger partial charge in [-0.1, -0.05) is 0 Å².